The second-order valence-corrected chi connectivity index (χ2v) is 12.4. The maximum Gasteiger partial charge on any atom is 0.390 e. The number of hydrogen-bond acceptors (Lipinski definition) is 6. The molecule has 0 aliphatic carbocycles. The molecule has 0 saturated carbocycles. The van der Waals surface area contributed by atoms with Crippen molar-refractivity contribution in [2.24, 2.45) is 5.92 Å². The average molecular weight is 589 g/mol. The van der Waals surface area contributed by atoms with Crippen molar-refractivity contribution in [1.29, 1.82) is 0 Å². The van der Waals surface area contributed by atoms with E-state index < -0.39 is 46.2 Å². The molecule has 1 saturated heterocycles. The number of nitrogens with zero attached hydrogens (tertiary/aromatic N) is 3. The van der Waals surface area contributed by atoms with E-state index >= 15 is 0 Å². The van der Waals surface area contributed by atoms with Crippen LogP contribution in [0, 0.1) is 11.7 Å². The van der Waals surface area contributed by atoms with Crippen molar-refractivity contribution >= 4 is 38.2 Å². The molecule has 0 spiro atoms. The first-order valence-electron chi connectivity index (χ1n) is 12.6. The molecule has 218 valence electrons. The molecule has 1 unspecified atom stereocenters. The molecule has 7 nitrogen and oxygen atoms in total. The van der Waals surface area contributed by atoms with Gasteiger partial charge in [-0.2, -0.15) is 13.2 Å². The minimum atomic E-state index is -4.51. The standard InChI is InChI=1S/C26H30F6N6OS/c1-14(2)18-10-21(15-4-5-20(19(27)9-15)38-40(3,39)7-6-26(30,31)32)36-22-13-34-25(37-23(18)22)35-17-8-16(24(28)29)11-33-12-17/h4-5,9-10,13-14,16-17,24,33H,3,6-8,11-12H2,1-2H3,(H,38,39)(H,34,35,37)/t16-,17+,40?/m1/s1. The van der Waals surface area contributed by atoms with E-state index in [2.05, 4.69) is 36.2 Å². The number of halogens is 6. The SMILES string of the molecule is C=S(=O)(CCC(F)(F)F)Nc1ccc(-c2cc(C(C)C)c3nc(N[C@@H]4CNC[C@H](C(F)F)C4)ncc3n2)cc1F. The van der Waals surface area contributed by atoms with Gasteiger partial charge in [-0.05, 0) is 42.0 Å². The summed E-state index contributed by atoms with van der Waals surface area (Å²) in [4.78, 5) is 13.5. The van der Waals surface area contributed by atoms with Crippen LogP contribution in [-0.4, -0.2) is 62.5 Å². The van der Waals surface area contributed by atoms with Gasteiger partial charge in [0.25, 0.3) is 0 Å². The van der Waals surface area contributed by atoms with Crippen molar-refractivity contribution in [1.82, 2.24) is 20.3 Å². The van der Waals surface area contributed by atoms with E-state index in [-0.39, 0.29) is 36.6 Å². The summed E-state index contributed by atoms with van der Waals surface area (Å²) < 4.78 is 93.5. The van der Waals surface area contributed by atoms with E-state index in [1.807, 2.05) is 13.8 Å². The van der Waals surface area contributed by atoms with Gasteiger partial charge in [0.1, 0.15) is 11.3 Å². The lowest BCUT2D eigenvalue weighted by molar-refractivity contribution is -0.129. The zero-order valence-electron chi connectivity index (χ0n) is 21.9. The van der Waals surface area contributed by atoms with E-state index in [4.69, 9.17) is 0 Å². The minimum Gasteiger partial charge on any atom is -0.350 e. The molecule has 3 atom stereocenters. The Bertz CT molecular complexity index is 1460. The Morgan fingerprint density at radius 2 is 1.93 bits per heavy atom. The predicted octanol–water partition coefficient (Wildman–Crippen LogP) is 5.61. The Balaban J connectivity index is 1.58. The fourth-order valence-corrected chi connectivity index (χ4v) is 5.68. The van der Waals surface area contributed by atoms with Gasteiger partial charge in [0.05, 0.1) is 29.5 Å². The number of rotatable bonds is 9. The molecule has 1 aliphatic heterocycles. The Morgan fingerprint density at radius 1 is 1.18 bits per heavy atom. The number of nitrogens with one attached hydrogen (secondary N) is 3. The van der Waals surface area contributed by atoms with E-state index in [0.717, 1.165) is 11.6 Å². The van der Waals surface area contributed by atoms with E-state index in [1.54, 1.807) is 6.07 Å². The third-order valence-corrected chi connectivity index (χ3v) is 8.00. The van der Waals surface area contributed by atoms with Crippen LogP contribution in [-0.2, 0) is 9.71 Å². The number of piperidine rings is 1. The van der Waals surface area contributed by atoms with Crippen LogP contribution in [0.5, 0.6) is 0 Å². The van der Waals surface area contributed by atoms with Gasteiger partial charge in [-0.25, -0.2) is 32.3 Å². The van der Waals surface area contributed by atoms with Crippen LogP contribution < -0.4 is 15.4 Å². The highest BCUT2D eigenvalue weighted by atomic mass is 32.2. The van der Waals surface area contributed by atoms with Gasteiger partial charge in [-0.3, -0.25) is 0 Å². The van der Waals surface area contributed by atoms with Crippen LogP contribution in [0.25, 0.3) is 22.3 Å². The molecule has 1 aromatic carbocycles. The van der Waals surface area contributed by atoms with E-state index in [9.17, 15) is 30.6 Å². The Morgan fingerprint density at radius 3 is 2.58 bits per heavy atom. The third-order valence-electron chi connectivity index (χ3n) is 6.55. The van der Waals surface area contributed by atoms with Crippen molar-refractivity contribution < 1.29 is 30.6 Å². The number of alkyl halides is 5. The summed E-state index contributed by atoms with van der Waals surface area (Å²) in [6, 6.07) is 5.42. The number of pyridine rings is 1. The molecule has 4 rings (SSSR count). The van der Waals surface area contributed by atoms with Crippen LogP contribution in [0.1, 0.15) is 38.2 Å². The molecule has 3 heterocycles. The Kier molecular flexibility index (Phi) is 8.78. The zero-order valence-corrected chi connectivity index (χ0v) is 22.7. The summed E-state index contributed by atoms with van der Waals surface area (Å²) in [6.07, 6.45) is -6.45. The van der Waals surface area contributed by atoms with Crippen LogP contribution in [0.15, 0.2) is 30.5 Å². The van der Waals surface area contributed by atoms with Gasteiger partial charge in [0.2, 0.25) is 12.4 Å². The van der Waals surface area contributed by atoms with Crippen molar-refractivity contribution in [2.75, 3.05) is 28.9 Å². The Hall–Kier alpha value is -3.13. The number of hydrogen-bond donors (Lipinski definition) is 3. The summed E-state index contributed by atoms with van der Waals surface area (Å²) in [5, 5.41) is 6.13. The molecular weight excluding hydrogens is 558 g/mol. The van der Waals surface area contributed by atoms with Gasteiger partial charge < -0.3 is 15.4 Å². The van der Waals surface area contributed by atoms with E-state index in [0.29, 0.717) is 28.8 Å². The minimum absolute atomic E-state index is 0.0122. The molecule has 14 heteroatoms. The highest BCUT2D eigenvalue weighted by molar-refractivity contribution is 8.01. The van der Waals surface area contributed by atoms with Crippen molar-refractivity contribution in [3.05, 3.63) is 41.8 Å². The maximum absolute atomic E-state index is 14.9. The molecular formula is C26H30F6N6OS. The van der Waals surface area contributed by atoms with Gasteiger partial charge in [0.15, 0.2) is 0 Å². The average Bonchev–Trinajstić information content (AvgIpc) is 2.88. The lowest BCUT2D eigenvalue weighted by Gasteiger charge is -2.30. The monoisotopic (exact) mass is 588 g/mol. The first kappa shape index (κ1) is 29.8. The quantitative estimate of drug-likeness (QED) is 0.223. The summed E-state index contributed by atoms with van der Waals surface area (Å²) in [5.41, 5.74) is 2.36. The summed E-state index contributed by atoms with van der Waals surface area (Å²) >= 11 is 0. The molecule has 1 aliphatic rings. The topological polar surface area (TPSA) is 91.8 Å². The van der Waals surface area contributed by atoms with Gasteiger partial charge in [0, 0.05) is 46.1 Å². The second-order valence-electron chi connectivity index (χ2n) is 10.2. The number of benzene rings is 1. The van der Waals surface area contributed by atoms with E-state index in [1.165, 1.54) is 18.3 Å². The first-order valence-corrected chi connectivity index (χ1v) is 14.5. The highest BCUT2D eigenvalue weighted by Gasteiger charge is 2.29. The fraction of sp³-hybridized carbons (Fsp3) is 0.462. The van der Waals surface area contributed by atoms with Crippen molar-refractivity contribution in [3.63, 3.8) is 0 Å². The lowest BCUT2D eigenvalue weighted by Crippen LogP contribution is -2.45. The molecule has 40 heavy (non-hydrogen) atoms. The second kappa shape index (κ2) is 11.8. The Labute approximate surface area is 228 Å². The third kappa shape index (κ3) is 7.53. The number of anilines is 2. The van der Waals surface area contributed by atoms with Gasteiger partial charge in [-0.15, -0.1) is 0 Å². The molecule has 3 N–H and O–H groups in total. The fourth-order valence-electron chi connectivity index (χ4n) is 4.45. The summed E-state index contributed by atoms with van der Waals surface area (Å²) in [5.74, 6) is 1.19. The van der Waals surface area contributed by atoms with Crippen LogP contribution in [0.4, 0.5) is 38.0 Å². The summed E-state index contributed by atoms with van der Waals surface area (Å²) in [6.45, 7) is 4.65. The molecule has 2 aromatic heterocycles. The van der Waals surface area contributed by atoms with Gasteiger partial charge >= 0.3 is 6.18 Å². The number of aromatic nitrogens is 3. The van der Waals surface area contributed by atoms with Crippen LogP contribution >= 0.6 is 0 Å². The lowest BCUT2D eigenvalue weighted by atomic mass is 9.96. The van der Waals surface area contributed by atoms with Crippen LogP contribution in [0.2, 0.25) is 0 Å². The molecule has 0 radical (unpaired) electrons. The summed E-state index contributed by atoms with van der Waals surface area (Å²) in [7, 11) is -3.43. The van der Waals surface area contributed by atoms with Crippen LogP contribution in [0.3, 0.4) is 0 Å². The smallest absolute Gasteiger partial charge is 0.350 e. The first-order chi connectivity index (χ1) is 18.7. The normalized spacial score (nSPS) is 19.6. The van der Waals surface area contributed by atoms with Crippen molar-refractivity contribution in [2.45, 2.75) is 51.3 Å². The largest absolute Gasteiger partial charge is 0.390 e. The molecule has 3 aromatic rings. The maximum atomic E-state index is 14.9. The molecule has 0 bridgehead atoms. The van der Waals surface area contributed by atoms with Crippen molar-refractivity contribution in [3.8, 4) is 11.3 Å². The molecule has 1 fully saturated rings. The number of fused-ring (bicyclic) bond motifs is 1. The molecule has 0 amide bonds. The van der Waals surface area contributed by atoms with Gasteiger partial charge in [-0.1, -0.05) is 19.9 Å². The zero-order chi connectivity index (χ0) is 29.2. The highest BCUT2D eigenvalue weighted by Crippen LogP contribution is 2.31. The predicted molar refractivity (Wildman–Crippen MR) is 146 cm³/mol.